The second kappa shape index (κ2) is 37.4. The summed E-state index contributed by atoms with van der Waals surface area (Å²) in [6, 6.07) is 0. The summed E-state index contributed by atoms with van der Waals surface area (Å²) in [4.78, 5) is 10.7. The summed E-state index contributed by atoms with van der Waals surface area (Å²) in [6.45, 7) is 8.99. The lowest BCUT2D eigenvalue weighted by molar-refractivity contribution is -0.118. The summed E-state index contributed by atoms with van der Waals surface area (Å²) in [6.07, 6.45) is 38.1. The quantitative estimate of drug-likeness (QED) is 0.0552. The highest BCUT2D eigenvalue weighted by molar-refractivity contribution is 5.73. The Morgan fingerprint density at radius 3 is 0.854 bits per heavy atom. The van der Waals surface area contributed by atoms with Crippen LogP contribution in [0.3, 0.4) is 0 Å². The molecule has 1 amide bonds. The van der Waals surface area contributed by atoms with Crippen LogP contribution in [0.2, 0.25) is 0 Å². The molecule has 5 nitrogen and oxygen atoms in total. The number of primary amides is 1. The van der Waals surface area contributed by atoms with Crippen molar-refractivity contribution in [3.8, 4) is 0 Å². The molecule has 0 aliphatic carbocycles. The maximum Gasteiger partial charge on any atom is 0.217 e. The van der Waals surface area contributed by atoms with Crippen LogP contribution in [0.5, 0.6) is 0 Å². The SMILES string of the molecule is CCNCCCCNCCCCCCCCCCCCCCCCCCCCCCCCCNCCCCC(N)=O. The Morgan fingerprint density at radius 1 is 0.366 bits per heavy atom. The topological polar surface area (TPSA) is 79.2 Å². The molecule has 0 heterocycles. The van der Waals surface area contributed by atoms with Gasteiger partial charge in [-0.05, 0) is 77.8 Å². The van der Waals surface area contributed by atoms with E-state index < -0.39 is 0 Å². The molecule has 0 aromatic carbocycles. The Balaban J connectivity index is 3.03. The molecule has 0 rings (SSSR count). The van der Waals surface area contributed by atoms with E-state index in [0.29, 0.717) is 6.42 Å². The van der Waals surface area contributed by atoms with Crippen LogP contribution in [-0.2, 0) is 4.79 Å². The molecule has 0 aromatic rings. The van der Waals surface area contributed by atoms with Crippen LogP contribution in [-0.4, -0.2) is 45.2 Å². The standard InChI is InChI=1S/C36H76N4O/c1-2-38-31-28-29-35-40-33-26-23-21-19-17-15-13-11-9-7-5-3-4-6-8-10-12-14-16-18-20-22-25-32-39-34-27-24-30-36(37)41/h38-40H,2-35H2,1H3,(H2,37,41). The van der Waals surface area contributed by atoms with Gasteiger partial charge in [0.2, 0.25) is 5.91 Å². The molecule has 0 bridgehead atoms. The van der Waals surface area contributed by atoms with Gasteiger partial charge in [0.25, 0.3) is 0 Å². The molecule has 0 spiro atoms. The van der Waals surface area contributed by atoms with Gasteiger partial charge in [-0.15, -0.1) is 0 Å². The number of amides is 1. The average Bonchev–Trinajstić information content (AvgIpc) is 2.97. The molecule has 0 fully saturated rings. The molecule has 0 unspecified atom stereocenters. The first-order valence-corrected chi connectivity index (χ1v) is 18.7. The van der Waals surface area contributed by atoms with Crippen LogP contribution in [0.15, 0.2) is 0 Å². The van der Waals surface area contributed by atoms with Crippen molar-refractivity contribution >= 4 is 5.91 Å². The van der Waals surface area contributed by atoms with Gasteiger partial charge in [-0.25, -0.2) is 0 Å². The van der Waals surface area contributed by atoms with Gasteiger partial charge >= 0.3 is 0 Å². The number of hydrogen-bond donors (Lipinski definition) is 4. The van der Waals surface area contributed by atoms with Crippen LogP contribution >= 0.6 is 0 Å². The minimum Gasteiger partial charge on any atom is -0.370 e. The minimum atomic E-state index is -0.177. The zero-order valence-corrected chi connectivity index (χ0v) is 28.0. The normalized spacial score (nSPS) is 11.4. The van der Waals surface area contributed by atoms with E-state index >= 15 is 0 Å². The second-order valence-corrected chi connectivity index (χ2v) is 12.6. The summed E-state index contributed by atoms with van der Waals surface area (Å²) in [7, 11) is 0. The highest BCUT2D eigenvalue weighted by atomic mass is 16.1. The number of unbranched alkanes of at least 4 members (excludes halogenated alkanes) is 24. The van der Waals surface area contributed by atoms with Gasteiger partial charge in [-0.3, -0.25) is 4.79 Å². The third-order valence-corrected chi connectivity index (χ3v) is 8.44. The third-order valence-electron chi connectivity index (χ3n) is 8.44. The molecule has 0 saturated heterocycles. The van der Waals surface area contributed by atoms with E-state index in [2.05, 4.69) is 22.9 Å². The van der Waals surface area contributed by atoms with Crippen LogP contribution in [0, 0.1) is 0 Å². The molecule has 5 N–H and O–H groups in total. The zero-order chi connectivity index (χ0) is 29.7. The predicted molar refractivity (Wildman–Crippen MR) is 183 cm³/mol. The smallest absolute Gasteiger partial charge is 0.217 e. The van der Waals surface area contributed by atoms with Gasteiger partial charge < -0.3 is 21.7 Å². The molecule has 5 heteroatoms. The third kappa shape index (κ3) is 39.4. The zero-order valence-electron chi connectivity index (χ0n) is 28.0. The molecule has 41 heavy (non-hydrogen) atoms. The number of carbonyl (C=O) groups is 1. The van der Waals surface area contributed by atoms with Gasteiger partial charge in [0.05, 0.1) is 0 Å². The van der Waals surface area contributed by atoms with Gasteiger partial charge in [0, 0.05) is 6.42 Å². The summed E-state index contributed by atoms with van der Waals surface area (Å²) < 4.78 is 0. The highest BCUT2D eigenvalue weighted by Gasteiger charge is 1.97. The highest BCUT2D eigenvalue weighted by Crippen LogP contribution is 2.15. The molecule has 246 valence electrons. The summed E-state index contributed by atoms with van der Waals surface area (Å²) >= 11 is 0. The predicted octanol–water partition coefficient (Wildman–Crippen LogP) is 9.18. The van der Waals surface area contributed by atoms with Gasteiger partial charge in [0.15, 0.2) is 0 Å². The van der Waals surface area contributed by atoms with Crippen LogP contribution in [0.25, 0.3) is 0 Å². The first-order valence-electron chi connectivity index (χ1n) is 18.7. The van der Waals surface area contributed by atoms with Crippen LogP contribution in [0.1, 0.15) is 187 Å². The van der Waals surface area contributed by atoms with Crippen molar-refractivity contribution in [1.29, 1.82) is 0 Å². The molecular weight excluding hydrogens is 504 g/mol. The Morgan fingerprint density at radius 2 is 0.585 bits per heavy atom. The van der Waals surface area contributed by atoms with E-state index in [1.165, 1.54) is 180 Å². The van der Waals surface area contributed by atoms with Gasteiger partial charge in [-0.2, -0.15) is 0 Å². The lowest BCUT2D eigenvalue weighted by Crippen LogP contribution is -2.19. The molecule has 0 radical (unpaired) electrons. The number of nitrogens with two attached hydrogens (primary N) is 1. The van der Waals surface area contributed by atoms with E-state index in [-0.39, 0.29) is 5.91 Å². The average molecular weight is 581 g/mol. The second-order valence-electron chi connectivity index (χ2n) is 12.6. The fraction of sp³-hybridized carbons (Fsp3) is 0.972. The fourth-order valence-electron chi connectivity index (χ4n) is 5.69. The van der Waals surface area contributed by atoms with E-state index in [4.69, 9.17) is 5.73 Å². The van der Waals surface area contributed by atoms with Crippen LogP contribution in [0.4, 0.5) is 0 Å². The van der Waals surface area contributed by atoms with Gasteiger partial charge in [0.1, 0.15) is 0 Å². The molecule has 0 aliphatic heterocycles. The first-order chi connectivity index (χ1) is 20.3. The number of carbonyl (C=O) groups excluding carboxylic acids is 1. The van der Waals surface area contributed by atoms with Crippen molar-refractivity contribution in [3.63, 3.8) is 0 Å². The first kappa shape index (κ1) is 40.4. The van der Waals surface area contributed by atoms with E-state index in [9.17, 15) is 4.79 Å². The molecule has 0 aliphatic rings. The molecule has 0 atom stereocenters. The summed E-state index contributed by atoms with van der Waals surface area (Å²) in [5.74, 6) is -0.177. The van der Waals surface area contributed by atoms with Crippen molar-refractivity contribution in [1.82, 2.24) is 16.0 Å². The Kier molecular flexibility index (Phi) is 36.8. The van der Waals surface area contributed by atoms with E-state index in [0.717, 1.165) is 32.5 Å². The fourth-order valence-corrected chi connectivity index (χ4v) is 5.69. The lowest BCUT2D eigenvalue weighted by Gasteiger charge is -2.06. The Labute approximate surface area is 258 Å². The Bertz CT molecular complexity index is 488. The largest absolute Gasteiger partial charge is 0.370 e. The van der Waals surface area contributed by atoms with Crippen molar-refractivity contribution in [3.05, 3.63) is 0 Å². The van der Waals surface area contributed by atoms with Gasteiger partial charge in [-0.1, -0.05) is 142 Å². The number of nitrogens with one attached hydrogen (secondary N) is 3. The molecular formula is C36H76N4O. The monoisotopic (exact) mass is 581 g/mol. The maximum atomic E-state index is 10.7. The van der Waals surface area contributed by atoms with E-state index in [1.807, 2.05) is 0 Å². The van der Waals surface area contributed by atoms with Crippen molar-refractivity contribution in [2.45, 2.75) is 187 Å². The van der Waals surface area contributed by atoms with Crippen molar-refractivity contribution in [2.24, 2.45) is 5.73 Å². The van der Waals surface area contributed by atoms with Crippen molar-refractivity contribution in [2.75, 3.05) is 39.3 Å². The molecule has 0 saturated carbocycles. The number of hydrogen-bond acceptors (Lipinski definition) is 4. The molecule has 0 aromatic heterocycles. The van der Waals surface area contributed by atoms with Crippen molar-refractivity contribution < 1.29 is 4.79 Å². The van der Waals surface area contributed by atoms with E-state index in [1.54, 1.807) is 0 Å². The number of rotatable bonds is 37. The summed E-state index contributed by atoms with van der Waals surface area (Å²) in [5, 5.41) is 10.5. The minimum absolute atomic E-state index is 0.177. The van der Waals surface area contributed by atoms with Crippen LogP contribution < -0.4 is 21.7 Å². The maximum absolute atomic E-state index is 10.7. The Hall–Kier alpha value is -0.650. The lowest BCUT2D eigenvalue weighted by atomic mass is 10.0. The summed E-state index contributed by atoms with van der Waals surface area (Å²) in [5.41, 5.74) is 5.15.